The van der Waals surface area contributed by atoms with E-state index in [1.54, 1.807) is 24.3 Å². The number of halogens is 4. The monoisotopic (exact) mass is 278 g/mol. The first-order chi connectivity index (χ1) is 9.65. The molecule has 0 bridgehead atoms. The summed E-state index contributed by atoms with van der Waals surface area (Å²) in [6, 6.07) is 12.2. The van der Waals surface area contributed by atoms with Crippen molar-refractivity contribution >= 4 is 11.7 Å². The van der Waals surface area contributed by atoms with E-state index in [1.807, 2.05) is 0 Å². The lowest BCUT2D eigenvalue weighted by molar-refractivity contribution is 0.671. The van der Waals surface area contributed by atoms with Crippen molar-refractivity contribution in [3.8, 4) is 11.1 Å². The van der Waals surface area contributed by atoms with Crippen molar-refractivity contribution in [1.82, 2.24) is 0 Å². The molecule has 0 atom stereocenters. The quantitative estimate of drug-likeness (QED) is 0.620. The van der Waals surface area contributed by atoms with E-state index in [0.29, 0.717) is 0 Å². The van der Waals surface area contributed by atoms with Crippen LogP contribution in [0.15, 0.2) is 61.2 Å². The normalized spacial score (nSPS) is 12.6. The molecule has 102 valence electrons. The molecule has 0 unspecified atom stereocenters. The summed E-state index contributed by atoms with van der Waals surface area (Å²) in [6.07, 6.45) is -0.203. The molecule has 0 radical (unpaired) electrons. The third-order valence-electron chi connectivity index (χ3n) is 2.85. The Hall–Kier alpha value is -2.36. The smallest absolute Gasteiger partial charge is 0.158 e. The highest BCUT2D eigenvalue weighted by Crippen LogP contribution is 2.25. The summed E-state index contributed by atoms with van der Waals surface area (Å²) in [5, 5.41) is 0. The standard InChI is InChI=1S/C16H10F4/c17-9-15(19)13-5-1-11(2-6-13)12-3-7-14(8-4-12)16(20)10-18/h1-10H/b15-9-,16-10-. The second-order valence-corrected chi connectivity index (χ2v) is 4.07. The lowest BCUT2D eigenvalue weighted by Gasteiger charge is -2.04. The molecule has 0 nitrogen and oxygen atoms in total. The molecule has 0 saturated carbocycles. The minimum Gasteiger partial charge on any atom is -0.212 e. The molecule has 0 aliphatic carbocycles. The van der Waals surface area contributed by atoms with E-state index >= 15 is 0 Å². The molecule has 0 aliphatic rings. The van der Waals surface area contributed by atoms with Crippen LogP contribution in [0.1, 0.15) is 11.1 Å². The summed E-state index contributed by atoms with van der Waals surface area (Å²) in [5.74, 6) is -1.89. The Morgan fingerprint density at radius 2 is 0.900 bits per heavy atom. The summed E-state index contributed by atoms with van der Waals surface area (Å²) in [7, 11) is 0. The van der Waals surface area contributed by atoms with E-state index in [9.17, 15) is 17.6 Å². The van der Waals surface area contributed by atoms with Crippen molar-refractivity contribution in [2.75, 3.05) is 0 Å². The molecule has 0 heterocycles. The molecular weight excluding hydrogens is 268 g/mol. The fraction of sp³-hybridized carbons (Fsp3) is 0. The van der Waals surface area contributed by atoms with E-state index in [1.165, 1.54) is 24.3 Å². The predicted molar refractivity (Wildman–Crippen MR) is 72.3 cm³/mol. The van der Waals surface area contributed by atoms with Crippen molar-refractivity contribution in [1.29, 1.82) is 0 Å². The Balaban J connectivity index is 2.28. The third kappa shape index (κ3) is 2.96. The van der Waals surface area contributed by atoms with Crippen LogP contribution in [0.4, 0.5) is 17.6 Å². The van der Waals surface area contributed by atoms with E-state index < -0.39 is 11.7 Å². The van der Waals surface area contributed by atoms with Crippen molar-refractivity contribution in [2.24, 2.45) is 0 Å². The van der Waals surface area contributed by atoms with Crippen LogP contribution < -0.4 is 0 Å². The van der Waals surface area contributed by atoms with E-state index in [4.69, 9.17) is 0 Å². The van der Waals surface area contributed by atoms with Crippen molar-refractivity contribution < 1.29 is 17.6 Å². The minimum atomic E-state index is -0.943. The maximum Gasteiger partial charge on any atom is 0.158 e. The first-order valence-electron chi connectivity index (χ1n) is 5.78. The Labute approximate surface area is 113 Å². The van der Waals surface area contributed by atoms with Crippen molar-refractivity contribution in [2.45, 2.75) is 0 Å². The van der Waals surface area contributed by atoms with Crippen LogP contribution in [0.3, 0.4) is 0 Å². The van der Waals surface area contributed by atoms with Crippen LogP contribution in [0, 0.1) is 0 Å². The van der Waals surface area contributed by atoms with Crippen molar-refractivity contribution in [3.05, 3.63) is 72.3 Å². The van der Waals surface area contributed by atoms with Gasteiger partial charge in [-0.15, -0.1) is 0 Å². The molecule has 0 amide bonds. The second kappa shape index (κ2) is 6.19. The molecule has 0 saturated heterocycles. The highest BCUT2D eigenvalue weighted by atomic mass is 19.2. The largest absolute Gasteiger partial charge is 0.212 e. The van der Waals surface area contributed by atoms with Crippen molar-refractivity contribution in [3.63, 3.8) is 0 Å². The molecule has 2 aromatic carbocycles. The average Bonchev–Trinajstić information content (AvgIpc) is 2.53. The first-order valence-corrected chi connectivity index (χ1v) is 5.78. The molecule has 2 aromatic rings. The van der Waals surface area contributed by atoms with Gasteiger partial charge in [0, 0.05) is 11.1 Å². The predicted octanol–water partition coefficient (Wildman–Crippen LogP) is 5.83. The minimum absolute atomic E-state index is 0.101. The van der Waals surface area contributed by atoms with Gasteiger partial charge in [-0.1, -0.05) is 48.5 Å². The van der Waals surface area contributed by atoms with Gasteiger partial charge in [-0.3, -0.25) is 0 Å². The van der Waals surface area contributed by atoms with E-state index in [0.717, 1.165) is 11.1 Å². The Bertz CT molecular complexity index is 578. The fourth-order valence-corrected chi connectivity index (χ4v) is 1.77. The van der Waals surface area contributed by atoms with Gasteiger partial charge in [0.25, 0.3) is 0 Å². The number of rotatable bonds is 3. The van der Waals surface area contributed by atoms with Gasteiger partial charge < -0.3 is 0 Å². The summed E-state index contributed by atoms with van der Waals surface area (Å²) in [5.41, 5.74) is 1.80. The highest BCUT2D eigenvalue weighted by Gasteiger charge is 2.04. The van der Waals surface area contributed by atoms with Gasteiger partial charge >= 0.3 is 0 Å². The molecule has 0 N–H and O–H groups in total. The second-order valence-electron chi connectivity index (χ2n) is 4.07. The lowest BCUT2D eigenvalue weighted by Crippen LogP contribution is -1.82. The summed E-state index contributed by atoms with van der Waals surface area (Å²) in [6.45, 7) is 0. The Kier molecular flexibility index (Phi) is 4.35. The van der Waals surface area contributed by atoms with Gasteiger partial charge in [-0.05, 0) is 11.1 Å². The SMILES string of the molecule is F/C=C(\F)c1ccc(-c2ccc(/C(F)=C/F)cc2)cc1. The maximum atomic E-state index is 13.0. The molecule has 20 heavy (non-hydrogen) atoms. The maximum absolute atomic E-state index is 13.0. The summed E-state index contributed by atoms with van der Waals surface area (Å²) < 4.78 is 50.0. The molecule has 0 spiro atoms. The van der Waals surface area contributed by atoms with Crippen LogP contribution in [-0.4, -0.2) is 0 Å². The zero-order chi connectivity index (χ0) is 14.5. The topological polar surface area (TPSA) is 0 Å². The highest BCUT2D eigenvalue weighted by molar-refractivity contribution is 5.69. The number of benzene rings is 2. The molecule has 2 rings (SSSR count). The Morgan fingerprint density at radius 3 is 1.15 bits per heavy atom. The molecule has 0 aliphatic heterocycles. The van der Waals surface area contributed by atoms with Gasteiger partial charge in [-0.2, -0.15) is 0 Å². The summed E-state index contributed by atoms with van der Waals surface area (Å²) in [4.78, 5) is 0. The van der Waals surface area contributed by atoms with Crippen LogP contribution in [-0.2, 0) is 0 Å². The van der Waals surface area contributed by atoms with Gasteiger partial charge in [0.2, 0.25) is 0 Å². The van der Waals surface area contributed by atoms with E-state index in [2.05, 4.69) is 0 Å². The summed E-state index contributed by atoms with van der Waals surface area (Å²) >= 11 is 0. The van der Waals surface area contributed by atoms with Gasteiger partial charge in [0.05, 0.1) is 0 Å². The fourth-order valence-electron chi connectivity index (χ4n) is 1.77. The van der Waals surface area contributed by atoms with Gasteiger partial charge in [-0.25, -0.2) is 17.6 Å². The number of hydrogen-bond acceptors (Lipinski definition) is 0. The molecule has 0 fully saturated rings. The zero-order valence-electron chi connectivity index (χ0n) is 10.3. The third-order valence-corrected chi connectivity index (χ3v) is 2.85. The first kappa shape index (κ1) is 14.1. The lowest BCUT2D eigenvalue weighted by atomic mass is 10.0. The Morgan fingerprint density at radius 1 is 0.600 bits per heavy atom. The van der Waals surface area contributed by atoms with Gasteiger partial charge in [0.1, 0.15) is 12.7 Å². The van der Waals surface area contributed by atoms with Crippen LogP contribution in [0.25, 0.3) is 22.8 Å². The average molecular weight is 278 g/mol. The zero-order valence-corrected chi connectivity index (χ0v) is 10.3. The van der Waals surface area contributed by atoms with Crippen LogP contribution in [0.2, 0.25) is 0 Å². The molecule has 0 aromatic heterocycles. The molecule has 4 heteroatoms. The van der Waals surface area contributed by atoms with Crippen LogP contribution >= 0.6 is 0 Å². The van der Waals surface area contributed by atoms with Gasteiger partial charge in [0.15, 0.2) is 11.7 Å². The van der Waals surface area contributed by atoms with E-state index in [-0.39, 0.29) is 23.8 Å². The molecular formula is C16H10F4. The van der Waals surface area contributed by atoms with Crippen LogP contribution in [0.5, 0.6) is 0 Å². The number of hydrogen-bond donors (Lipinski definition) is 0.